The van der Waals surface area contributed by atoms with Gasteiger partial charge in [-0.25, -0.2) is 4.79 Å². The Balaban J connectivity index is 0.00000280. The summed E-state index contributed by atoms with van der Waals surface area (Å²) in [6, 6.07) is 17.5. The number of nitrogens with zero attached hydrogens (tertiary/aromatic N) is 1. The zero-order valence-corrected chi connectivity index (χ0v) is 16.8. The van der Waals surface area contributed by atoms with Crippen molar-refractivity contribution in [3.8, 4) is 11.5 Å². The number of benzene rings is 2. The molecular weight excluding hydrogens is 380 g/mol. The first-order valence-corrected chi connectivity index (χ1v) is 9.21. The minimum atomic E-state index is -0.268. The summed E-state index contributed by atoms with van der Waals surface area (Å²) in [4.78, 5) is 14.1. The van der Waals surface area contributed by atoms with Gasteiger partial charge >= 0.3 is 6.09 Å². The van der Waals surface area contributed by atoms with E-state index in [9.17, 15) is 4.79 Å². The number of methoxy groups -OCH3 is 1. The number of amides is 1. The highest BCUT2D eigenvalue weighted by molar-refractivity contribution is 5.85. The Kier molecular flexibility index (Phi) is 8.91. The Morgan fingerprint density at radius 1 is 1.11 bits per heavy atom. The molecule has 1 N–H and O–H groups in total. The number of piperazine rings is 1. The molecule has 152 valence electrons. The van der Waals surface area contributed by atoms with Gasteiger partial charge in [-0.15, -0.1) is 12.4 Å². The maximum Gasteiger partial charge on any atom is 0.410 e. The number of ether oxygens (including phenoxy) is 3. The minimum absolute atomic E-state index is 0. The summed E-state index contributed by atoms with van der Waals surface area (Å²) < 4.78 is 16.6. The molecule has 1 aliphatic rings. The van der Waals surface area contributed by atoms with Gasteiger partial charge in [0.1, 0.15) is 6.61 Å². The summed E-state index contributed by atoms with van der Waals surface area (Å²) in [6.45, 7) is 2.86. The molecule has 0 spiro atoms. The number of para-hydroxylation sites is 2. The highest BCUT2D eigenvalue weighted by Gasteiger charge is 2.24. The normalized spacial score (nSPS) is 16.0. The molecule has 0 saturated carbocycles. The molecule has 2 aromatic rings. The zero-order chi connectivity index (χ0) is 18.9. The van der Waals surface area contributed by atoms with E-state index in [0.717, 1.165) is 30.0 Å². The molecule has 3 rings (SSSR count). The van der Waals surface area contributed by atoms with Gasteiger partial charge in [-0.05, 0) is 24.1 Å². The quantitative estimate of drug-likeness (QED) is 0.762. The fourth-order valence-electron chi connectivity index (χ4n) is 3.04. The van der Waals surface area contributed by atoms with Crippen molar-refractivity contribution in [3.05, 3.63) is 60.2 Å². The summed E-state index contributed by atoms with van der Waals surface area (Å²) in [5.41, 5.74) is 0.989. The van der Waals surface area contributed by atoms with Gasteiger partial charge in [0.15, 0.2) is 11.5 Å². The van der Waals surface area contributed by atoms with Crippen LogP contribution in [-0.4, -0.2) is 50.4 Å². The van der Waals surface area contributed by atoms with Gasteiger partial charge in [-0.3, -0.25) is 0 Å². The van der Waals surface area contributed by atoms with Gasteiger partial charge in [-0.2, -0.15) is 0 Å². The van der Waals surface area contributed by atoms with E-state index in [4.69, 9.17) is 14.2 Å². The molecule has 0 radical (unpaired) electrons. The Labute approximate surface area is 172 Å². The van der Waals surface area contributed by atoms with E-state index < -0.39 is 0 Å². The monoisotopic (exact) mass is 406 g/mol. The van der Waals surface area contributed by atoms with Crippen molar-refractivity contribution in [2.45, 2.75) is 19.1 Å². The van der Waals surface area contributed by atoms with Gasteiger partial charge in [0.25, 0.3) is 0 Å². The van der Waals surface area contributed by atoms with Gasteiger partial charge < -0.3 is 24.4 Å². The van der Waals surface area contributed by atoms with E-state index in [1.807, 2.05) is 54.6 Å². The van der Waals surface area contributed by atoms with E-state index in [2.05, 4.69) is 5.32 Å². The molecule has 0 aliphatic carbocycles. The van der Waals surface area contributed by atoms with Gasteiger partial charge in [0.2, 0.25) is 0 Å². The van der Waals surface area contributed by atoms with Crippen molar-refractivity contribution in [2.24, 2.45) is 0 Å². The predicted octanol–water partition coefficient (Wildman–Crippen LogP) is 3.50. The zero-order valence-electron chi connectivity index (χ0n) is 16.0. The third-order valence-corrected chi connectivity index (χ3v) is 4.51. The third kappa shape index (κ3) is 6.32. The van der Waals surface area contributed by atoms with Crippen molar-refractivity contribution in [3.63, 3.8) is 0 Å². The smallest absolute Gasteiger partial charge is 0.410 e. The largest absolute Gasteiger partial charge is 0.493 e. The van der Waals surface area contributed by atoms with Crippen LogP contribution in [0.15, 0.2) is 54.6 Å². The Morgan fingerprint density at radius 3 is 2.57 bits per heavy atom. The Hall–Kier alpha value is -2.44. The van der Waals surface area contributed by atoms with E-state index in [0.29, 0.717) is 26.3 Å². The number of nitrogens with one attached hydrogen (secondary N) is 1. The van der Waals surface area contributed by atoms with Crippen molar-refractivity contribution in [1.29, 1.82) is 0 Å². The van der Waals surface area contributed by atoms with Gasteiger partial charge in [0, 0.05) is 25.7 Å². The van der Waals surface area contributed by atoms with E-state index in [1.54, 1.807) is 12.0 Å². The highest BCUT2D eigenvalue weighted by atomic mass is 35.5. The molecule has 1 aliphatic heterocycles. The molecule has 1 atom stereocenters. The molecule has 1 amide bonds. The van der Waals surface area contributed by atoms with E-state index >= 15 is 0 Å². The van der Waals surface area contributed by atoms with Crippen LogP contribution in [0.3, 0.4) is 0 Å². The average Bonchev–Trinajstić information content (AvgIpc) is 2.73. The lowest BCUT2D eigenvalue weighted by Gasteiger charge is -2.33. The first-order chi connectivity index (χ1) is 13.3. The van der Waals surface area contributed by atoms with E-state index in [-0.39, 0.29) is 24.5 Å². The van der Waals surface area contributed by atoms with Gasteiger partial charge in [0.05, 0.1) is 13.7 Å². The number of carbonyl (C=O) groups excluding carboxylic acids is 1. The third-order valence-electron chi connectivity index (χ3n) is 4.51. The predicted molar refractivity (Wildman–Crippen MR) is 110 cm³/mol. The number of carbonyl (C=O) groups is 1. The molecule has 0 aromatic heterocycles. The number of halogens is 1. The van der Waals surface area contributed by atoms with Crippen LogP contribution < -0.4 is 14.8 Å². The molecule has 1 fully saturated rings. The molecule has 28 heavy (non-hydrogen) atoms. The first-order valence-electron chi connectivity index (χ1n) is 9.21. The standard InChI is InChI=1S/C21H26N2O4.ClH/c1-25-19-9-5-6-10-20(19)26-14-11-18-15-23(13-12-22-18)21(24)27-16-17-7-3-2-4-8-17;/h2-10,18,22H,11-16H2,1H3;1H/t18-;/m1./s1. The van der Waals surface area contributed by atoms with Gasteiger partial charge in [-0.1, -0.05) is 42.5 Å². The van der Waals surface area contributed by atoms with Crippen molar-refractivity contribution < 1.29 is 19.0 Å². The fourth-order valence-corrected chi connectivity index (χ4v) is 3.04. The molecule has 7 heteroatoms. The van der Waals surface area contributed by atoms with Crippen LogP contribution in [0.25, 0.3) is 0 Å². The summed E-state index contributed by atoms with van der Waals surface area (Å²) in [6.07, 6.45) is 0.525. The van der Waals surface area contributed by atoms with Crippen LogP contribution in [0, 0.1) is 0 Å². The van der Waals surface area contributed by atoms with Crippen LogP contribution in [-0.2, 0) is 11.3 Å². The molecule has 6 nitrogen and oxygen atoms in total. The molecular formula is C21H27ClN2O4. The van der Waals surface area contributed by atoms with Crippen LogP contribution in [0.1, 0.15) is 12.0 Å². The average molecular weight is 407 g/mol. The van der Waals surface area contributed by atoms with Crippen LogP contribution >= 0.6 is 12.4 Å². The summed E-state index contributed by atoms with van der Waals surface area (Å²) in [7, 11) is 1.63. The van der Waals surface area contributed by atoms with E-state index in [1.165, 1.54) is 0 Å². The maximum absolute atomic E-state index is 12.3. The van der Waals surface area contributed by atoms with Crippen molar-refractivity contribution in [1.82, 2.24) is 10.2 Å². The second-order valence-corrected chi connectivity index (χ2v) is 6.43. The minimum Gasteiger partial charge on any atom is -0.493 e. The molecule has 0 unspecified atom stereocenters. The summed E-state index contributed by atoms with van der Waals surface area (Å²) in [5.74, 6) is 1.45. The number of hydrogen-bond donors (Lipinski definition) is 1. The molecule has 1 heterocycles. The Bertz CT molecular complexity index is 729. The Morgan fingerprint density at radius 2 is 1.82 bits per heavy atom. The lowest BCUT2D eigenvalue weighted by molar-refractivity contribution is 0.0827. The van der Waals surface area contributed by atoms with Crippen LogP contribution in [0.5, 0.6) is 11.5 Å². The van der Waals surface area contributed by atoms with Crippen LogP contribution in [0.4, 0.5) is 4.79 Å². The number of rotatable bonds is 7. The first kappa shape index (κ1) is 21.9. The van der Waals surface area contributed by atoms with Crippen LogP contribution in [0.2, 0.25) is 0 Å². The fraction of sp³-hybridized carbons (Fsp3) is 0.381. The van der Waals surface area contributed by atoms with Crippen molar-refractivity contribution >= 4 is 18.5 Å². The maximum atomic E-state index is 12.3. The summed E-state index contributed by atoms with van der Waals surface area (Å²) >= 11 is 0. The molecule has 2 aromatic carbocycles. The molecule has 0 bridgehead atoms. The number of hydrogen-bond acceptors (Lipinski definition) is 5. The van der Waals surface area contributed by atoms with Crippen molar-refractivity contribution in [2.75, 3.05) is 33.4 Å². The second kappa shape index (κ2) is 11.4. The lowest BCUT2D eigenvalue weighted by atomic mass is 10.1. The second-order valence-electron chi connectivity index (χ2n) is 6.43. The summed E-state index contributed by atoms with van der Waals surface area (Å²) in [5, 5.41) is 3.43. The lowest BCUT2D eigenvalue weighted by Crippen LogP contribution is -2.53. The SMILES string of the molecule is COc1ccccc1OCC[C@@H]1CN(C(=O)OCc2ccccc2)CCN1.Cl. The highest BCUT2D eigenvalue weighted by Crippen LogP contribution is 2.25. The topological polar surface area (TPSA) is 60.0 Å². The molecule has 1 saturated heterocycles.